The van der Waals surface area contributed by atoms with Crippen LogP contribution in [0.1, 0.15) is 65.1 Å². The maximum atomic E-state index is 12.4. The summed E-state index contributed by atoms with van der Waals surface area (Å²) in [6.07, 6.45) is 0.984. The number of nitrogens with one attached hydrogen (secondary N) is 2. The number of carbonyl (C=O) groups excluding carboxylic acids is 1. The van der Waals surface area contributed by atoms with Gasteiger partial charge in [-0.15, -0.1) is 0 Å². The first-order valence-corrected chi connectivity index (χ1v) is 9.15. The van der Waals surface area contributed by atoms with Crippen molar-refractivity contribution in [1.82, 2.24) is 10.6 Å². The normalized spacial score (nSPS) is 13.3. The lowest BCUT2D eigenvalue weighted by Gasteiger charge is -2.33. The summed E-state index contributed by atoms with van der Waals surface area (Å²) < 4.78 is 10.7. The van der Waals surface area contributed by atoms with Crippen LogP contribution in [0.15, 0.2) is 12.1 Å². The lowest BCUT2D eigenvalue weighted by Crippen LogP contribution is -2.47. The zero-order chi connectivity index (χ0) is 20.1. The predicted molar refractivity (Wildman–Crippen MR) is 107 cm³/mol. The van der Waals surface area contributed by atoms with Crippen molar-refractivity contribution in [1.29, 1.82) is 0 Å². The Hall–Kier alpha value is -1.75. The molecule has 0 aliphatic carbocycles. The van der Waals surface area contributed by atoms with Gasteiger partial charge in [0.25, 0.3) is 0 Å². The van der Waals surface area contributed by atoms with Gasteiger partial charge in [-0.25, -0.2) is 0 Å². The number of aryl methyl sites for hydroxylation is 1. The molecule has 0 bridgehead atoms. The first kappa shape index (κ1) is 22.3. The lowest BCUT2D eigenvalue weighted by molar-refractivity contribution is -0.121. The van der Waals surface area contributed by atoms with Gasteiger partial charge in [0, 0.05) is 5.54 Å². The summed E-state index contributed by atoms with van der Waals surface area (Å²) in [5, 5.41) is 6.43. The molecule has 1 atom stereocenters. The van der Waals surface area contributed by atoms with Crippen molar-refractivity contribution in [3.8, 4) is 11.5 Å². The fraction of sp³-hybridized carbons (Fsp3) is 0.667. The van der Waals surface area contributed by atoms with E-state index >= 15 is 0 Å². The van der Waals surface area contributed by atoms with E-state index in [9.17, 15) is 4.79 Å². The van der Waals surface area contributed by atoms with Crippen LogP contribution in [0.5, 0.6) is 11.5 Å². The molecule has 0 heterocycles. The van der Waals surface area contributed by atoms with Crippen molar-refractivity contribution in [3.63, 3.8) is 0 Å². The van der Waals surface area contributed by atoms with Gasteiger partial charge >= 0.3 is 0 Å². The number of methoxy groups -OCH3 is 2. The Labute approximate surface area is 158 Å². The molecule has 0 saturated carbocycles. The van der Waals surface area contributed by atoms with Gasteiger partial charge in [-0.1, -0.05) is 20.8 Å². The molecule has 0 spiro atoms. The smallest absolute Gasteiger partial charge is 0.234 e. The first-order chi connectivity index (χ1) is 11.9. The maximum Gasteiger partial charge on any atom is 0.234 e. The minimum atomic E-state index is -0.116. The topological polar surface area (TPSA) is 59.6 Å². The van der Waals surface area contributed by atoms with E-state index in [0.29, 0.717) is 18.0 Å². The highest BCUT2D eigenvalue weighted by atomic mass is 16.5. The van der Waals surface area contributed by atoms with E-state index in [-0.39, 0.29) is 22.9 Å². The van der Waals surface area contributed by atoms with Gasteiger partial charge < -0.3 is 20.1 Å². The summed E-state index contributed by atoms with van der Waals surface area (Å²) in [6, 6.07) is 3.74. The van der Waals surface area contributed by atoms with Crippen molar-refractivity contribution in [2.24, 2.45) is 5.41 Å². The van der Waals surface area contributed by atoms with Crippen LogP contribution in [0.25, 0.3) is 0 Å². The van der Waals surface area contributed by atoms with Gasteiger partial charge in [0.1, 0.15) is 0 Å². The fourth-order valence-corrected chi connectivity index (χ4v) is 3.54. The molecule has 1 aromatic rings. The van der Waals surface area contributed by atoms with Gasteiger partial charge in [0.05, 0.1) is 26.8 Å². The minimum Gasteiger partial charge on any atom is -0.493 e. The molecule has 0 aliphatic heterocycles. The third-order valence-corrected chi connectivity index (χ3v) is 4.32. The summed E-state index contributed by atoms with van der Waals surface area (Å²) in [6.45, 7) is 15.2. The van der Waals surface area contributed by atoms with Crippen LogP contribution in [0.2, 0.25) is 0 Å². The molecule has 1 aromatic carbocycles. The molecule has 1 unspecified atom stereocenters. The van der Waals surface area contributed by atoms with Crippen molar-refractivity contribution in [2.45, 2.75) is 66.5 Å². The predicted octanol–water partition coefficient (Wildman–Crippen LogP) is 3.99. The quantitative estimate of drug-likeness (QED) is 0.732. The molecular weight excluding hydrogens is 328 g/mol. The molecule has 0 aliphatic rings. The van der Waals surface area contributed by atoms with Gasteiger partial charge in [-0.3, -0.25) is 4.79 Å². The molecule has 0 fully saturated rings. The highest BCUT2D eigenvalue weighted by molar-refractivity contribution is 5.78. The van der Waals surface area contributed by atoms with E-state index in [0.717, 1.165) is 17.5 Å². The fourth-order valence-electron chi connectivity index (χ4n) is 3.54. The number of hydrogen-bond acceptors (Lipinski definition) is 4. The molecule has 0 aromatic heterocycles. The third kappa shape index (κ3) is 6.87. The molecule has 1 amide bonds. The van der Waals surface area contributed by atoms with E-state index in [1.165, 1.54) is 0 Å². The van der Waals surface area contributed by atoms with Crippen LogP contribution in [0.3, 0.4) is 0 Å². The van der Waals surface area contributed by atoms with E-state index in [4.69, 9.17) is 9.47 Å². The van der Waals surface area contributed by atoms with E-state index in [1.54, 1.807) is 14.2 Å². The van der Waals surface area contributed by atoms with Crippen LogP contribution in [0, 0.1) is 12.3 Å². The largest absolute Gasteiger partial charge is 0.493 e. The second-order valence-corrected chi connectivity index (χ2v) is 8.83. The van der Waals surface area contributed by atoms with Crippen molar-refractivity contribution in [2.75, 3.05) is 20.8 Å². The third-order valence-electron chi connectivity index (χ3n) is 4.32. The lowest BCUT2D eigenvalue weighted by atomic mass is 9.82. The molecule has 5 nitrogen and oxygen atoms in total. The number of amides is 1. The monoisotopic (exact) mass is 364 g/mol. The average molecular weight is 365 g/mol. The number of carbonyl (C=O) groups is 1. The Morgan fingerprint density at radius 3 is 2.12 bits per heavy atom. The molecule has 1 rings (SSSR count). The van der Waals surface area contributed by atoms with Gasteiger partial charge in [0.2, 0.25) is 5.91 Å². The van der Waals surface area contributed by atoms with Crippen LogP contribution in [0.4, 0.5) is 0 Å². The summed E-state index contributed by atoms with van der Waals surface area (Å²) in [5.41, 5.74) is 2.18. The number of hydrogen-bond donors (Lipinski definition) is 2. The van der Waals surface area contributed by atoms with E-state index in [2.05, 4.69) is 45.3 Å². The molecule has 26 heavy (non-hydrogen) atoms. The first-order valence-electron chi connectivity index (χ1n) is 9.15. The Morgan fingerprint density at radius 2 is 1.62 bits per heavy atom. The Balaban J connectivity index is 2.73. The second-order valence-electron chi connectivity index (χ2n) is 8.83. The van der Waals surface area contributed by atoms with Crippen LogP contribution in [-0.2, 0) is 4.79 Å². The highest BCUT2D eigenvalue weighted by Gasteiger charge is 2.25. The summed E-state index contributed by atoms with van der Waals surface area (Å²) in [4.78, 5) is 12.4. The van der Waals surface area contributed by atoms with E-state index < -0.39 is 0 Å². The summed E-state index contributed by atoms with van der Waals surface area (Å²) >= 11 is 0. The van der Waals surface area contributed by atoms with Gasteiger partial charge in [-0.05, 0) is 62.8 Å². The van der Waals surface area contributed by atoms with E-state index in [1.807, 2.05) is 26.0 Å². The van der Waals surface area contributed by atoms with Crippen LogP contribution >= 0.6 is 0 Å². The molecule has 148 valence electrons. The summed E-state index contributed by atoms with van der Waals surface area (Å²) in [5.74, 6) is 1.34. The molecule has 0 saturated heterocycles. The zero-order valence-electron chi connectivity index (χ0n) is 17.9. The SMILES string of the molecule is COc1cc(C)c(C(C)NC(=O)CNC(C)(C)CC(C)(C)C)cc1OC. The second kappa shape index (κ2) is 8.76. The Kier molecular flexibility index (Phi) is 7.51. The molecule has 5 heteroatoms. The summed E-state index contributed by atoms with van der Waals surface area (Å²) in [7, 11) is 3.23. The number of benzene rings is 1. The average Bonchev–Trinajstić information content (AvgIpc) is 2.50. The van der Waals surface area contributed by atoms with Gasteiger partial charge in [-0.2, -0.15) is 0 Å². The van der Waals surface area contributed by atoms with Crippen molar-refractivity contribution < 1.29 is 14.3 Å². The molecule has 0 radical (unpaired) electrons. The minimum absolute atomic E-state index is 0.0198. The maximum absolute atomic E-state index is 12.4. The Bertz CT molecular complexity index is 618. The zero-order valence-corrected chi connectivity index (χ0v) is 17.9. The number of ether oxygens (including phenoxy) is 2. The van der Waals surface area contributed by atoms with Gasteiger partial charge in [0.15, 0.2) is 11.5 Å². The van der Waals surface area contributed by atoms with Crippen molar-refractivity contribution >= 4 is 5.91 Å². The van der Waals surface area contributed by atoms with Crippen molar-refractivity contribution in [3.05, 3.63) is 23.3 Å². The van der Waals surface area contributed by atoms with Crippen LogP contribution in [-0.4, -0.2) is 32.2 Å². The number of rotatable bonds is 8. The highest BCUT2D eigenvalue weighted by Crippen LogP contribution is 2.32. The molecular formula is C21H36N2O3. The standard InChI is InChI=1S/C21H36N2O3/c1-14-10-17(25-8)18(26-9)11-16(14)15(2)23-19(24)12-22-21(6,7)13-20(3,4)5/h10-11,15,22H,12-13H2,1-9H3,(H,23,24). The van der Waals surface area contributed by atoms with Crippen LogP contribution < -0.4 is 20.1 Å². The molecule has 2 N–H and O–H groups in total. The Morgan fingerprint density at radius 1 is 1.08 bits per heavy atom.